The fourth-order valence-corrected chi connectivity index (χ4v) is 3.81. The quantitative estimate of drug-likeness (QED) is 0.797. The van der Waals surface area contributed by atoms with E-state index in [0.717, 1.165) is 51.7 Å². The summed E-state index contributed by atoms with van der Waals surface area (Å²) in [6, 6.07) is 0.645. The first-order valence-corrected chi connectivity index (χ1v) is 8.17. The monoisotopic (exact) mass is 353 g/mol. The second-order valence-corrected chi connectivity index (χ2v) is 6.35. The summed E-state index contributed by atoms with van der Waals surface area (Å²) in [7, 11) is 0. The highest BCUT2D eigenvalue weighted by molar-refractivity contribution is 5.85. The number of nitrogens with one attached hydrogen (secondary N) is 2. The first-order valence-electron chi connectivity index (χ1n) is 8.17. The number of hydrogen-bond acceptors (Lipinski definition) is 4. The Morgan fingerprint density at radius 2 is 1.91 bits per heavy atom. The molecule has 3 fully saturated rings. The average molecular weight is 354 g/mol. The van der Waals surface area contributed by atoms with Gasteiger partial charge in [0, 0.05) is 32.2 Å². The van der Waals surface area contributed by atoms with Crippen molar-refractivity contribution in [1.29, 1.82) is 0 Å². The van der Waals surface area contributed by atoms with E-state index in [4.69, 9.17) is 4.74 Å². The molecule has 2 heterocycles. The molecule has 2 aliphatic heterocycles. The van der Waals surface area contributed by atoms with Crippen LogP contribution in [0.1, 0.15) is 32.1 Å². The number of ether oxygens (including phenoxy) is 1. The zero-order chi connectivity index (χ0) is 13.8. The number of fused-ring (bicyclic) bond motifs is 1. The van der Waals surface area contributed by atoms with Gasteiger partial charge in [-0.1, -0.05) is 12.8 Å². The zero-order valence-corrected chi connectivity index (χ0v) is 14.7. The van der Waals surface area contributed by atoms with Crippen molar-refractivity contribution in [2.45, 2.75) is 44.2 Å². The van der Waals surface area contributed by atoms with Gasteiger partial charge in [-0.15, -0.1) is 24.8 Å². The smallest absolute Gasteiger partial charge is 0.237 e. The molecule has 2 saturated heterocycles. The lowest BCUT2D eigenvalue weighted by atomic mass is 9.85. The van der Waals surface area contributed by atoms with Gasteiger partial charge in [-0.2, -0.15) is 0 Å². The maximum Gasteiger partial charge on any atom is 0.237 e. The third kappa shape index (κ3) is 5.24. The second kappa shape index (κ2) is 9.93. The summed E-state index contributed by atoms with van der Waals surface area (Å²) in [6.07, 6.45) is 6.25. The zero-order valence-electron chi connectivity index (χ0n) is 13.1. The number of rotatable bonds is 4. The fourth-order valence-electron chi connectivity index (χ4n) is 3.81. The molecular weight excluding hydrogens is 325 g/mol. The molecule has 0 radical (unpaired) electrons. The molecule has 0 bridgehead atoms. The lowest BCUT2D eigenvalue weighted by Gasteiger charge is -2.26. The van der Waals surface area contributed by atoms with Crippen molar-refractivity contribution in [2.75, 3.05) is 39.4 Å². The standard InChI is InChI=1S/C15H27N3O2.2ClH/c19-15(16-5-6-18-7-9-20-10-8-18)14-11-12-3-1-2-4-13(12)17-14;;/h12-14,17H,1-11H2,(H,16,19);2*1H. The molecule has 3 aliphatic rings. The molecule has 1 aliphatic carbocycles. The molecule has 0 aromatic carbocycles. The highest BCUT2D eigenvalue weighted by Gasteiger charge is 2.37. The Bertz CT molecular complexity index is 327. The van der Waals surface area contributed by atoms with Crippen LogP contribution in [0.2, 0.25) is 0 Å². The highest BCUT2D eigenvalue weighted by Crippen LogP contribution is 2.33. The lowest BCUT2D eigenvalue weighted by Crippen LogP contribution is -2.46. The van der Waals surface area contributed by atoms with Gasteiger partial charge in [0.1, 0.15) is 0 Å². The van der Waals surface area contributed by atoms with E-state index in [-0.39, 0.29) is 36.8 Å². The Hall–Kier alpha value is -0.0700. The third-order valence-corrected chi connectivity index (χ3v) is 5.01. The number of morpholine rings is 1. The van der Waals surface area contributed by atoms with E-state index in [2.05, 4.69) is 15.5 Å². The number of carbonyl (C=O) groups excluding carboxylic acids is 1. The minimum Gasteiger partial charge on any atom is -0.379 e. The first kappa shape index (κ1) is 20.0. The van der Waals surface area contributed by atoms with Gasteiger partial charge < -0.3 is 15.4 Å². The maximum absolute atomic E-state index is 12.2. The minimum absolute atomic E-state index is 0. The van der Waals surface area contributed by atoms with Gasteiger partial charge in [0.05, 0.1) is 19.3 Å². The van der Waals surface area contributed by atoms with Crippen LogP contribution in [0.4, 0.5) is 0 Å². The molecule has 22 heavy (non-hydrogen) atoms. The third-order valence-electron chi connectivity index (χ3n) is 5.01. The second-order valence-electron chi connectivity index (χ2n) is 6.35. The molecule has 2 N–H and O–H groups in total. The molecule has 0 aromatic rings. The maximum atomic E-state index is 12.2. The van der Waals surface area contributed by atoms with Crippen LogP contribution in [0.15, 0.2) is 0 Å². The number of hydrogen-bond donors (Lipinski definition) is 2. The van der Waals surface area contributed by atoms with Gasteiger partial charge in [0.15, 0.2) is 0 Å². The Labute approximate surface area is 145 Å². The van der Waals surface area contributed by atoms with Gasteiger partial charge in [-0.3, -0.25) is 9.69 Å². The minimum atomic E-state index is 0. The molecule has 3 atom stereocenters. The molecule has 0 aromatic heterocycles. The molecule has 0 spiro atoms. The molecule has 130 valence electrons. The van der Waals surface area contributed by atoms with Gasteiger partial charge in [-0.25, -0.2) is 0 Å². The number of amides is 1. The number of halogens is 2. The van der Waals surface area contributed by atoms with Crippen molar-refractivity contribution >= 4 is 30.7 Å². The summed E-state index contributed by atoms with van der Waals surface area (Å²) in [5, 5.41) is 6.63. The summed E-state index contributed by atoms with van der Waals surface area (Å²) >= 11 is 0. The van der Waals surface area contributed by atoms with Crippen molar-refractivity contribution < 1.29 is 9.53 Å². The van der Waals surface area contributed by atoms with Crippen LogP contribution in [0.3, 0.4) is 0 Å². The van der Waals surface area contributed by atoms with Crippen LogP contribution in [0.25, 0.3) is 0 Å². The molecule has 5 nitrogen and oxygen atoms in total. The Morgan fingerprint density at radius 3 is 2.64 bits per heavy atom. The summed E-state index contributed by atoms with van der Waals surface area (Å²) in [5.74, 6) is 0.936. The topological polar surface area (TPSA) is 53.6 Å². The van der Waals surface area contributed by atoms with Gasteiger partial charge >= 0.3 is 0 Å². The van der Waals surface area contributed by atoms with Gasteiger partial charge in [0.2, 0.25) is 5.91 Å². The van der Waals surface area contributed by atoms with Gasteiger partial charge in [0.25, 0.3) is 0 Å². The molecule has 7 heteroatoms. The van der Waals surface area contributed by atoms with E-state index in [1.807, 2.05) is 0 Å². The summed E-state index contributed by atoms with van der Waals surface area (Å²) < 4.78 is 5.32. The van der Waals surface area contributed by atoms with E-state index in [9.17, 15) is 4.79 Å². The molecule has 1 saturated carbocycles. The van der Waals surface area contributed by atoms with Crippen molar-refractivity contribution in [3.8, 4) is 0 Å². The van der Waals surface area contributed by atoms with Crippen LogP contribution >= 0.6 is 24.8 Å². The molecule has 1 amide bonds. The van der Waals surface area contributed by atoms with Crippen molar-refractivity contribution in [1.82, 2.24) is 15.5 Å². The van der Waals surface area contributed by atoms with Crippen molar-refractivity contribution in [3.63, 3.8) is 0 Å². The van der Waals surface area contributed by atoms with E-state index in [0.29, 0.717) is 6.04 Å². The average Bonchev–Trinajstić information content (AvgIpc) is 2.92. The van der Waals surface area contributed by atoms with E-state index in [1.54, 1.807) is 0 Å². The number of carbonyl (C=O) groups is 1. The van der Waals surface area contributed by atoms with Crippen LogP contribution in [0, 0.1) is 5.92 Å². The van der Waals surface area contributed by atoms with Crippen LogP contribution in [-0.4, -0.2) is 62.3 Å². The predicted molar refractivity (Wildman–Crippen MR) is 92.1 cm³/mol. The summed E-state index contributed by atoms with van der Waals surface area (Å²) in [6.45, 7) is 5.31. The molecule has 3 rings (SSSR count). The Morgan fingerprint density at radius 1 is 1.18 bits per heavy atom. The summed E-state index contributed by atoms with van der Waals surface area (Å²) in [5.41, 5.74) is 0. The highest BCUT2D eigenvalue weighted by atomic mass is 35.5. The van der Waals surface area contributed by atoms with Crippen molar-refractivity contribution in [2.24, 2.45) is 5.92 Å². The lowest BCUT2D eigenvalue weighted by molar-refractivity contribution is -0.123. The van der Waals surface area contributed by atoms with Crippen molar-refractivity contribution in [3.05, 3.63) is 0 Å². The SMILES string of the molecule is Cl.Cl.O=C(NCCN1CCOCC1)C1CC2CCCCC2N1. The normalized spacial score (nSPS) is 31.5. The van der Waals surface area contributed by atoms with Crippen LogP contribution in [-0.2, 0) is 9.53 Å². The fraction of sp³-hybridized carbons (Fsp3) is 0.933. The van der Waals surface area contributed by atoms with E-state index < -0.39 is 0 Å². The summed E-state index contributed by atoms with van der Waals surface area (Å²) in [4.78, 5) is 14.6. The van der Waals surface area contributed by atoms with E-state index in [1.165, 1.54) is 25.7 Å². The predicted octanol–water partition coefficient (Wildman–Crippen LogP) is 1.20. The van der Waals surface area contributed by atoms with Crippen LogP contribution in [0.5, 0.6) is 0 Å². The Kier molecular flexibility index (Phi) is 9.02. The largest absolute Gasteiger partial charge is 0.379 e. The molecule has 3 unspecified atom stereocenters. The van der Waals surface area contributed by atoms with Gasteiger partial charge in [-0.05, 0) is 25.2 Å². The Balaban J connectivity index is 0.00000121. The molecular formula is C15H29Cl2N3O2. The first-order chi connectivity index (χ1) is 9.83. The number of nitrogens with zero attached hydrogens (tertiary/aromatic N) is 1. The van der Waals surface area contributed by atoms with Crippen LogP contribution < -0.4 is 10.6 Å². The van der Waals surface area contributed by atoms with E-state index >= 15 is 0 Å².